The number of esters is 1. The minimum absolute atomic E-state index is 0.0332. The lowest BCUT2D eigenvalue weighted by atomic mass is 10.1. The van der Waals surface area contributed by atoms with Crippen LogP contribution in [0.15, 0.2) is 48.7 Å². The number of Topliss-reactive ketones (excluding diaryl/α,β-unsaturated/α-hetero) is 1. The molecule has 8 nitrogen and oxygen atoms in total. The van der Waals surface area contributed by atoms with Gasteiger partial charge in [-0.2, -0.15) is 0 Å². The van der Waals surface area contributed by atoms with Gasteiger partial charge >= 0.3 is 5.97 Å². The van der Waals surface area contributed by atoms with Crippen molar-refractivity contribution in [2.45, 2.75) is 6.92 Å². The second kappa shape index (κ2) is 9.09. The Labute approximate surface area is 183 Å². The number of aromatic nitrogens is 2. The van der Waals surface area contributed by atoms with Crippen LogP contribution in [0.3, 0.4) is 0 Å². The molecule has 0 unspecified atom stereocenters. The molecule has 4 rings (SSSR count). The van der Waals surface area contributed by atoms with Gasteiger partial charge in [0.1, 0.15) is 5.82 Å². The Balaban J connectivity index is 1.30. The molecule has 0 N–H and O–H groups in total. The lowest BCUT2D eigenvalue weighted by Crippen LogP contribution is -2.50. The molecule has 2 aromatic carbocycles. The van der Waals surface area contributed by atoms with Crippen LogP contribution in [0.2, 0.25) is 0 Å². The molecular formula is C23H21FN4O4. The average Bonchev–Trinajstić information content (AvgIpc) is 2.82. The van der Waals surface area contributed by atoms with Gasteiger partial charge < -0.3 is 14.5 Å². The Morgan fingerprint density at radius 2 is 1.75 bits per heavy atom. The fourth-order valence-electron chi connectivity index (χ4n) is 3.53. The van der Waals surface area contributed by atoms with E-state index in [0.29, 0.717) is 48.5 Å². The van der Waals surface area contributed by atoms with Crippen molar-refractivity contribution < 1.29 is 23.5 Å². The van der Waals surface area contributed by atoms with Crippen LogP contribution < -0.4 is 4.90 Å². The van der Waals surface area contributed by atoms with E-state index in [-0.39, 0.29) is 17.4 Å². The molecule has 0 atom stereocenters. The summed E-state index contributed by atoms with van der Waals surface area (Å²) in [7, 11) is 0. The van der Waals surface area contributed by atoms with Gasteiger partial charge in [-0.3, -0.25) is 14.6 Å². The van der Waals surface area contributed by atoms with Gasteiger partial charge in [-0.15, -0.1) is 0 Å². The Kier molecular flexibility index (Phi) is 6.07. The minimum atomic E-state index is -0.720. The largest absolute Gasteiger partial charge is 0.451 e. The van der Waals surface area contributed by atoms with E-state index in [9.17, 15) is 18.8 Å². The van der Waals surface area contributed by atoms with E-state index in [2.05, 4.69) is 9.97 Å². The zero-order valence-electron chi connectivity index (χ0n) is 17.5. The molecule has 1 aromatic heterocycles. The van der Waals surface area contributed by atoms with Crippen LogP contribution >= 0.6 is 0 Å². The number of piperazine rings is 1. The monoisotopic (exact) mass is 436 g/mol. The Hall–Kier alpha value is -3.88. The van der Waals surface area contributed by atoms with Crippen LogP contribution in [-0.4, -0.2) is 65.3 Å². The second-order valence-corrected chi connectivity index (χ2v) is 7.41. The minimum Gasteiger partial charge on any atom is -0.451 e. The van der Waals surface area contributed by atoms with Crippen molar-refractivity contribution >= 4 is 34.4 Å². The Bertz CT molecular complexity index is 1190. The molecule has 1 aliphatic rings. The zero-order valence-corrected chi connectivity index (χ0v) is 17.5. The number of para-hydroxylation sites is 2. The number of rotatable bonds is 5. The predicted octanol–water partition coefficient (Wildman–Crippen LogP) is 2.48. The van der Waals surface area contributed by atoms with Crippen LogP contribution in [0, 0.1) is 5.82 Å². The number of carbonyl (C=O) groups is 3. The number of amides is 1. The first-order valence-electron chi connectivity index (χ1n) is 10.1. The van der Waals surface area contributed by atoms with Gasteiger partial charge in [0.05, 0.1) is 22.9 Å². The maximum absolute atomic E-state index is 14.4. The first kappa shape index (κ1) is 21.4. The topological polar surface area (TPSA) is 92.7 Å². The van der Waals surface area contributed by atoms with Crippen LogP contribution in [-0.2, 0) is 9.53 Å². The predicted molar refractivity (Wildman–Crippen MR) is 115 cm³/mol. The van der Waals surface area contributed by atoms with Gasteiger partial charge in [-0.25, -0.2) is 14.2 Å². The molecule has 2 heterocycles. The molecular weight excluding hydrogens is 415 g/mol. The van der Waals surface area contributed by atoms with E-state index in [1.807, 2.05) is 11.0 Å². The van der Waals surface area contributed by atoms with Crippen LogP contribution in [0.1, 0.15) is 27.8 Å². The highest BCUT2D eigenvalue weighted by atomic mass is 19.1. The molecule has 3 aromatic rings. The number of hydrogen-bond acceptors (Lipinski definition) is 7. The fraction of sp³-hybridized carbons (Fsp3) is 0.261. The average molecular weight is 436 g/mol. The van der Waals surface area contributed by atoms with Gasteiger partial charge in [-0.1, -0.05) is 12.1 Å². The second-order valence-electron chi connectivity index (χ2n) is 7.41. The van der Waals surface area contributed by atoms with E-state index in [4.69, 9.17) is 4.74 Å². The summed E-state index contributed by atoms with van der Waals surface area (Å²) in [5, 5.41) is 0. The third kappa shape index (κ3) is 4.56. The maximum Gasteiger partial charge on any atom is 0.359 e. The highest BCUT2D eigenvalue weighted by molar-refractivity contribution is 5.94. The van der Waals surface area contributed by atoms with E-state index >= 15 is 0 Å². The molecule has 1 aliphatic heterocycles. The van der Waals surface area contributed by atoms with Crippen molar-refractivity contribution in [3.63, 3.8) is 0 Å². The van der Waals surface area contributed by atoms with Crippen molar-refractivity contribution in [3.8, 4) is 0 Å². The molecule has 9 heteroatoms. The number of anilines is 1. The summed E-state index contributed by atoms with van der Waals surface area (Å²) in [6.07, 6.45) is 1.32. The molecule has 1 amide bonds. The zero-order chi connectivity index (χ0) is 22.7. The summed E-state index contributed by atoms with van der Waals surface area (Å²) in [6.45, 7) is 2.55. The highest BCUT2D eigenvalue weighted by Gasteiger charge is 2.24. The number of halogens is 1. The van der Waals surface area contributed by atoms with E-state index in [1.54, 1.807) is 35.2 Å². The fourth-order valence-corrected chi connectivity index (χ4v) is 3.53. The number of benzene rings is 2. The van der Waals surface area contributed by atoms with E-state index in [0.717, 1.165) is 0 Å². The lowest BCUT2D eigenvalue weighted by molar-refractivity contribution is -0.134. The number of fused-ring (bicyclic) bond motifs is 1. The summed E-state index contributed by atoms with van der Waals surface area (Å²) in [5.41, 5.74) is 1.96. The molecule has 1 saturated heterocycles. The maximum atomic E-state index is 14.4. The van der Waals surface area contributed by atoms with E-state index in [1.165, 1.54) is 19.2 Å². The third-order valence-corrected chi connectivity index (χ3v) is 5.31. The standard InChI is InChI=1S/C23H21FN4O4/c1-15(29)16-6-7-21(17(24)12-16)27-8-10-28(11-9-27)22(30)14-32-23(31)20-13-25-18-4-2-3-5-19(18)26-20/h2-7,12-13H,8-11,14H2,1H3. The van der Waals surface area contributed by atoms with Crippen molar-refractivity contribution in [1.29, 1.82) is 0 Å². The van der Waals surface area contributed by atoms with Crippen LogP contribution in [0.5, 0.6) is 0 Å². The van der Waals surface area contributed by atoms with Crippen molar-refractivity contribution in [2.75, 3.05) is 37.7 Å². The smallest absolute Gasteiger partial charge is 0.359 e. The van der Waals surface area contributed by atoms with Gasteiger partial charge in [0.15, 0.2) is 18.1 Å². The molecule has 0 aliphatic carbocycles. The summed E-state index contributed by atoms with van der Waals surface area (Å²) in [6, 6.07) is 11.5. The molecule has 0 radical (unpaired) electrons. The Morgan fingerprint density at radius 1 is 1.03 bits per heavy atom. The molecule has 0 bridgehead atoms. The quantitative estimate of drug-likeness (QED) is 0.448. The van der Waals surface area contributed by atoms with Gasteiger partial charge in [0.25, 0.3) is 5.91 Å². The van der Waals surface area contributed by atoms with Crippen molar-refractivity contribution in [3.05, 3.63) is 65.7 Å². The normalized spacial score (nSPS) is 13.8. The third-order valence-electron chi connectivity index (χ3n) is 5.31. The molecule has 164 valence electrons. The number of nitrogens with zero attached hydrogens (tertiary/aromatic N) is 4. The highest BCUT2D eigenvalue weighted by Crippen LogP contribution is 2.22. The van der Waals surface area contributed by atoms with Gasteiger partial charge in [0.2, 0.25) is 0 Å². The first-order chi connectivity index (χ1) is 15.4. The number of ketones is 1. The summed E-state index contributed by atoms with van der Waals surface area (Å²) < 4.78 is 19.5. The summed E-state index contributed by atoms with van der Waals surface area (Å²) >= 11 is 0. The number of hydrogen-bond donors (Lipinski definition) is 0. The SMILES string of the molecule is CC(=O)c1ccc(N2CCN(C(=O)COC(=O)c3cnc4ccccc4n3)CC2)c(F)c1. The summed E-state index contributed by atoms with van der Waals surface area (Å²) in [4.78, 5) is 47.9. The number of ether oxygens (including phenoxy) is 1. The van der Waals surface area contributed by atoms with Crippen LogP contribution in [0.25, 0.3) is 11.0 Å². The molecule has 32 heavy (non-hydrogen) atoms. The van der Waals surface area contributed by atoms with Crippen molar-refractivity contribution in [2.24, 2.45) is 0 Å². The lowest BCUT2D eigenvalue weighted by Gasteiger charge is -2.36. The molecule has 0 saturated carbocycles. The first-order valence-corrected chi connectivity index (χ1v) is 10.1. The van der Waals surface area contributed by atoms with Crippen LogP contribution in [0.4, 0.5) is 10.1 Å². The molecule has 0 spiro atoms. The summed E-state index contributed by atoms with van der Waals surface area (Å²) in [5.74, 6) is -1.72. The van der Waals surface area contributed by atoms with Crippen molar-refractivity contribution in [1.82, 2.24) is 14.9 Å². The Morgan fingerprint density at radius 3 is 2.44 bits per heavy atom. The number of carbonyl (C=O) groups excluding carboxylic acids is 3. The van der Waals surface area contributed by atoms with E-state index < -0.39 is 18.4 Å². The molecule has 1 fully saturated rings. The van der Waals surface area contributed by atoms with Gasteiger partial charge in [0, 0.05) is 31.7 Å². The van der Waals surface area contributed by atoms with Gasteiger partial charge in [-0.05, 0) is 37.3 Å².